The fraction of sp³-hybridized carbons (Fsp3) is 0.304. The number of phenols is 1. The lowest BCUT2D eigenvalue weighted by Crippen LogP contribution is -2.17. The molecule has 30 heavy (non-hydrogen) atoms. The number of phenolic OH excluding ortho intramolecular Hbond substituents is 1. The number of nitrogens with zero attached hydrogens (tertiary/aromatic N) is 1. The number of halogens is 2. The molecule has 0 aliphatic carbocycles. The van der Waals surface area contributed by atoms with E-state index in [-0.39, 0.29) is 16.3 Å². The topological polar surface area (TPSA) is 68.5 Å². The zero-order valence-electron chi connectivity index (χ0n) is 17.0. The smallest absolute Gasteiger partial charge is 0.313 e. The molecule has 3 aromatic rings. The summed E-state index contributed by atoms with van der Waals surface area (Å²) in [5, 5.41) is 10.5. The average Bonchev–Trinajstić information content (AvgIpc) is 2.99. The monoisotopic (exact) mass is 431 g/mol. The van der Waals surface area contributed by atoms with E-state index in [4.69, 9.17) is 16.3 Å². The van der Waals surface area contributed by atoms with E-state index < -0.39 is 23.6 Å². The molecule has 0 spiro atoms. The van der Waals surface area contributed by atoms with Gasteiger partial charge in [-0.15, -0.1) is 0 Å². The largest absolute Gasteiger partial charge is 0.508 e. The van der Waals surface area contributed by atoms with Crippen molar-refractivity contribution >= 4 is 34.4 Å². The van der Waals surface area contributed by atoms with Crippen LogP contribution in [0.4, 0.5) is 4.39 Å². The first kappa shape index (κ1) is 21.8. The minimum atomic E-state index is -0.692. The maximum atomic E-state index is 13.9. The van der Waals surface area contributed by atoms with Gasteiger partial charge in [0.15, 0.2) is 0 Å². The van der Waals surface area contributed by atoms with Gasteiger partial charge in [0, 0.05) is 16.6 Å². The lowest BCUT2D eigenvalue weighted by molar-refractivity contribution is -0.145. The van der Waals surface area contributed by atoms with Crippen LogP contribution >= 0.6 is 11.6 Å². The van der Waals surface area contributed by atoms with E-state index in [1.807, 2.05) is 6.92 Å². The predicted octanol–water partition coefficient (Wildman–Crippen LogP) is 5.58. The van der Waals surface area contributed by atoms with Gasteiger partial charge < -0.3 is 9.84 Å². The van der Waals surface area contributed by atoms with Gasteiger partial charge in [-0.1, -0.05) is 24.9 Å². The first-order chi connectivity index (χ1) is 14.3. The number of carbonyl (C=O) groups is 2. The molecule has 0 fully saturated rings. The van der Waals surface area contributed by atoms with Gasteiger partial charge in [-0.05, 0) is 62.2 Å². The van der Waals surface area contributed by atoms with Crippen molar-refractivity contribution in [2.75, 3.05) is 6.61 Å². The van der Waals surface area contributed by atoms with Crippen LogP contribution in [0.25, 0.3) is 10.9 Å². The summed E-state index contributed by atoms with van der Waals surface area (Å²) in [5.41, 5.74) is 1.74. The van der Waals surface area contributed by atoms with Crippen molar-refractivity contribution in [1.82, 2.24) is 4.57 Å². The van der Waals surface area contributed by atoms with Gasteiger partial charge in [0.25, 0.3) is 5.91 Å². The number of aromatic hydroxyl groups is 1. The summed E-state index contributed by atoms with van der Waals surface area (Å²) in [5.74, 6) is -2.20. The lowest BCUT2D eigenvalue weighted by Gasteiger charge is -2.13. The molecule has 1 aromatic heterocycles. The van der Waals surface area contributed by atoms with Gasteiger partial charge in [0.1, 0.15) is 11.6 Å². The number of rotatable bonds is 6. The Bertz CT molecular complexity index is 1120. The number of unbranched alkanes of at least 4 members (excludes halogenated alkanes) is 1. The Morgan fingerprint density at radius 2 is 1.97 bits per heavy atom. The highest BCUT2D eigenvalue weighted by Gasteiger charge is 2.28. The van der Waals surface area contributed by atoms with Crippen molar-refractivity contribution in [3.8, 4) is 5.75 Å². The van der Waals surface area contributed by atoms with Crippen LogP contribution in [0.1, 0.15) is 54.2 Å². The molecule has 7 heteroatoms. The van der Waals surface area contributed by atoms with Crippen molar-refractivity contribution in [1.29, 1.82) is 0 Å². The Morgan fingerprint density at radius 1 is 1.23 bits per heavy atom. The molecule has 0 bridgehead atoms. The molecular weight excluding hydrogens is 409 g/mol. The minimum Gasteiger partial charge on any atom is -0.508 e. The zero-order chi connectivity index (χ0) is 22.0. The second-order valence-corrected chi connectivity index (χ2v) is 7.62. The first-order valence-electron chi connectivity index (χ1n) is 9.76. The number of benzene rings is 2. The summed E-state index contributed by atoms with van der Waals surface area (Å²) in [4.78, 5) is 25.8. The molecule has 1 heterocycles. The maximum Gasteiger partial charge on any atom is 0.313 e. The molecule has 0 amide bonds. The number of ether oxygens (including phenoxy) is 1. The molecule has 0 saturated carbocycles. The van der Waals surface area contributed by atoms with Crippen molar-refractivity contribution in [2.24, 2.45) is 0 Å². The van der Waals surface area contributed by atoms with E-state index in [2.05, 4.69) is 0 Å². The van der Waals surface area contributed by atoms with Crippen LogP contribution in [-0.4, -0.2) is 28.2 Å². The summed E-state index contributed by atoms with van der Waals surface area (Å²) in [6.45, 7) is 5.75. The zero-order valence-corrected chi connectivity index (χ0v) is 17.8. The highest BCUT2D eigenvalue weighted by molar-refractivity contribution is 6.30. The second-order valence-electron chi connectivity index (χ2n) is 7.21. The molecule has 5 nitrogen and oxygen atoms in total. The molecule has 158 valence electrons. The summed E-state index contributed by atoms with van der Waals surface area (Å²) < 4.78 is 20.7. The Labute approximate surface area is 179 Å². The van der Waals surface area contributed by atoms with Crippen molar-refractivity contribution in [2.45, 2.75) is 39.5 Å². The summed E-state index contributed by atoms with van der Waals surface area (Å²) in [6.07, 6.45) is 1.67. The van der Waals surface area contributed by atoms with Crippen LogP contribution in [0, 0.1) is 12.7 Å². The summed E-state index contributed by atoms with van der Waals surface area (Å²) in [6, 6.07) is 8.42. The lowest BCUT2D eigenvalue weighted by atomic mass is 9.98. The highest BCUT2D eigenvalue weighted by atomic mass is 35.5. The van der Waals surface area contributed by atoms with Gasteiger partial charge in [0.2, 0.25) is 0 Å². The Hall–Kier alpha value is -2.86. The first-order valence-corrected chi connectivity index (χ1v) is 10.1. The number of esters is 1. The third kappa shape index (κ3) is 4.05. The Morgan fingerprint density at radius 3 is 2.63 bits per heavy atom. The molecule has 3 rings (SSSR count). The van der Waals surface area contributed by atoms with E-state index in [0.29, 0.717) is 28.8 Å². The van der Waals surface area contributed by atoms with Crippen LogP contribution in [0.15, 0.2) is 36.4 Å². The van der Waals surface area contributed by atoms with Crippen LogP contribution in [-0.2, 0) is 9.53 Å². The van der Waals surface area contributed by atoms with Crippen LogP contribution in [0.5, 0.6) is 5.75 Å². The molecule has 0 saturated heterocycles. The third-order valence-electron chi connectivity index (χ3n) is 5.13. The standard InChI is InChI=1S/C23H23ClFNO4/c1-4-5-10-30-23(29)13(2)21-14(3)26(20-9-7-16(27)12-17(20)21)22(28)15-6-8-18(24)19(25)11-15/h6-9,11-13,27H,4-5,10H2,1-3H3/t13-/m1/s1. The number of hydrogen-bond donors (Lipinski definition) is 1. The van der Waals surface area contributed by atoms with Gasteiger partial charge >= 0.3 is 5.97 Å². The molecule has 1 atom stereocenters. The second kappa shape index (κ2) is 8.88. The third-order valence-corrected chi connectivity index (χ3v) is 5.44. The highest BCUT2D eigenvalue weighted by Crippen LogP contribution is 2.35. The molecule has 0 radical (unpaired) electrons. The van der Waals surface area contributed by atoms with E-state index in [1.54, 1.807) is 19.9 Å². The Balaban J connectivity index is 2.12. The maximum absolute atomic E-state index is 13.9. The summed E-state index contributed by atoms with van der Waals surface area (Å²) in [7, 11) is 0. The molecular formula is C23H23ClFNO4. The van der Waals surface area contributed by atoms with Crippen molar-refractivity contribution in [3.05, 3.63) is 64.1 Å². The fourth-order valence-corrected chi connectivity index (χ4v) is 3.67. The molecule has 0 unspecified atom stereocenters. The number of aromatic nitrogens is 1. The number of carbonyl (C=O) groups excluding carboxylic acids is 2. The number of hydrogen-bond acceptors (Lipinski definition) is 4. The van der Waals surface area contributed by atoms with Gasteiger partial charge in [0.05, 0.1) is 23.1 Å². The van der Waals surface area contributed by atoms with Crippen LogP contribution in [0.2, 0.25) is 5.02 Å². The van der Waals surface area contributed by atoms with Crippen LogP contribution < -0.4 is 0 Å². The molecule has 0 aliphatic rings. The minimum absolute atomic E-state index is 0.0115. The van der Waals surface area contributed by atoms with Gasteiger partial charge in [-0.3, -0.25) is 14.2 Å². The molecule has 2 aromatic carbocycles. The van der Waals surface area contributed by atoms with E-state index in [9.17, 15) is 19.1 Å². The normalized spacial score (nSPS) is 12.2. The van der Waals surface area contributed by atoms with Crippen molar-refractivity contribution < 1.29 is 23.8 Å². The van der Waals surface area contributed by atoms with Gasteiger partial charge in [-0.2, -0.15) is 0 Å². The predicted molar refractivity (Wildman–Crippen MR) is 114 cm³/mol. The quantitative estimate of drug-likeness (QED) is 0.408. The van der Waals surface area contributed by atoms with Gasteiger partial charge in [-0.25, -0.2) is 4.39 Å². The summed E-state index contributed by atoms with van der Waals surface area (Å²) >= 11 is 5.74. The SMILES string of the molecule is CCCCOC(=O)[C@H](C)c1c(C)n(C(=O)c2ccc(Cl)c(F)c2)c2ccc(O)cc12. The average molecular weight is 432 g/mol. The molecule has 0 aliphatic heterocycles. The van der Waals surface area contributed by atoms with E-state index in [1.165, 1.54) is 28.8 Å². The van der Waals surface area contributed by atoms with E-state index in [0.717, 1.165) is 18.9 Å². The van der Waals surface area contributed by atoms with Crippen molar-refractivity contribution in [3.63, 3.8) is 0 Å². The fourth-order valence-electron chi connectivity index (χ4n) is 3.56. The van der Waals surface area contributed by atoms with E-state index >= 15 is 0 Å². The number of fused-ring (bicyclic) bond motifs is 1. The van der Waals surface area contributed by atoms with Crippen LogP contribution in [0.3, 0.4) is 0 Å². The Kier molecular flexibility index (Phi) is 6.46. The molecule has 1 N–H and O–H groups in total.